The third kappa shape index (κ3) is 3.42. The Morgan fingerprint density at radius 3 is 3.00 bits per heavy atom. The molecule has 0 radical (unpaired) electrons. The second kappa shape index (κ2) is 5.98. The van der Waals surface area contributed by atoms with Crippen molar-refractivity contribution in [3.05, 3.63) is 33.7 Å². The lowest BCUT2D eigenvalue weighted by atomic mass is 10.4. The van der Waals surface area contributed by atoms with Crippen LogP contribution in [0.4, 0.5) is 5.13 Å². The zero-order chi connectivity index (χ0) is 13.8. The molecule has 0 bridgehead atoms. The van der Waals surface area contributed by atoms with Gasteiger partial charge in [0.25, 0.3) is 5.56 Å². The van der Waals surface area contributed by atoms with Gasteiger partial charge in [0, 0.05) is 23.3 Å². The van der Waals surface area contributed by atoms with E-state index in [2.05, 4.69) is 15.3 Å². The number of aromatic nitrogens is 3. The third-order valence-electron chi connectivity index (χ3n) is 2.26. The monoisotopic (exact) mass is 296 g/mol. The topological polar surface area (TPSA) is 76.9 Å². The molecule has 0 atom stereocenters. The fourth-order valence-corrected chi connectivity index (χ4v) is 2.64. The zero-order valence-electron chi connectivity index (χ0n) is 10.4. The van der Waals surface area contributed by atoms with E-state index in [1.165, 1.54) is 33.7 Å². The summed E-state index contributed by atoms with van der Waals surface area (Å²) in [6, 6.07) is 1.41. The van der Waals surface area contributed by atoms with Gasteiger partial charge in [0.1, 0.15) is 6.54 Å². The normalized spacial score (nSPS) is 10.4. The molecule has 1 amide bonds. The summed E-state index contributed by atoms with van der Waals surface area (Å²) < 4.78 is 1.35. The number of anilines is 1. The Bertz CT molecular complexity index is 637. The number of nitrogens with one attached hydrogen (secondary N) is 1. The number of thiazole rings is 1. The van der Waals surface area contributed by atoms with Crippen molar-refractivity contribution in [3.8, 4) is 0 Å². The number of hydrogen-bond donors (Lipinski definition) is 1. The molecule has 8 heteroatoms. The summed E-state index contributed by atoms with van der Waals surface area (Å²) in [7, 11) is 0. The molecule has 0 aromatic carbocycles. The molecule has 2 aromatic heterocycles. The van der Waals surface area contributed by atoms with Crippen molar-refractivity contribution in [2.45, 2.75) is 18.6 Å². The van der Waals surface area contributed by atoms with Crippen LogP contribution in [-0.4, -0.2) is 26.7 Å². The molecule has 0 saturated heterocycles. The summed E-state index contributed by atoms with van der Waals surface area (Å²) in [5.41, 5.74) is 0.414. The first-order valence-corrected chi connectivity index (χ1v) is 7.52. The van der Waals surface area contributed by atoms with Crippen LogP contribution in [0.15, 0.2) is 27.6 Å². The minimum atomic E-state index is -0.294. The quantitative estimate of drug-likeness (QED) is 0.681. The number of amides is 1. The summed E-state index contributed by atoms with van der Waals surface area (Å²) in [4.78, 5) is 31.9. The predicted octanol–water partition coefficient (Wildman–Crippen LogP) is 1.37. The maximum absolute atomic E-state index is 11.9. The van der Waals surface area contributed by atoms with E-state index in [9.17, 15) is 9.59 Å². The molecule has 0 aliphatic heterocycles. The largest absolute Gasteiger partial charge is 0.300 e. The van der Waals surface area contributed by atoms with Gasteiger partial charge < -0.3 is 5.32 Å². The zero-order valence-corrected chi connectivity index (χ0v) is 12.0. The Morgan fingerprint density at radius 1 is 1.58 bits per heavy atom. The van der Waals surface area contributed by atoms with Crippen LogP contribution in [0.3, 0.4) is 0 Å². The summed E-state index contributed by atoms with van der Waals surface area (Å²) in [5, 5.41) is 5.45. The molecule has 0 aliphatic rings. The van der Waals surface area contributed by atoms with Gasteiger partial charge in [0.15, 0.2) is 10.3 Å². The fraction of sp³-hybridized carbons (Fsp3) is 0.273. The number of rotatable bonds is 4. The fourth-order valence-electron chi connectivity index (χ4n) is 1.48. The highest BCUT2D eigenvalue weighted by Crippen LogP contribution is 2.12. The van der Waals surface area contributed by atoms with Gasteiger partial charge in [0.2, 0.25) is 5.91 Å². The minimum Gasteiger partial charge on any atom is -0.300 e. The molecular formula is C11H12N4O2S2. The lowest BCUT2D eigenvalue weighted by Gasteiger charge is -2.09. The van der Waals surface area contributed by atoms with Gasteiger partial charge in [-0.15, -0.1) is 11.3 Å². The van der Waals surface area contributed by atoms with Crippen molar-refractivity contribution in [3.63, 3.8) is 0 Å². The Hall–Kier alpha value is -1.67. The molecule has 2 rings (SSSR count). The van der Waals surface area contributed by atoms with Crippen LogP contribution < -0.4 is 10.9 Å². The van der Waals surface area contributed by atoms with Crippen molar-refractivity contribution in [2.75, 3.05) is 11.6 Å². The summed E-state index contributed by atoms with van der Waals surface area (Å²) >= 11 is 2.66. The Kier molecular flexibility index (Phi) is 4.33. The van der Waals surface area contributed by atoms with Gasteiger partial charge in [-0.25, -0.2) is 9.97 Å². The first-order valence-electron chi connectivity index (χ1n) is 5.42. The van der Waals surface area contributed by atoms with Crippen LogP contribution in [0, 0.1) is 6.92 Å². The van der Waals surface area contributed by atoms with Crippen molar-refractivity contribution in [1.29, 1.82) is 0 Å². The maximum Gasteiger partial charge on any atom is 0.254 e. The van der Waals surface area contributed by atoms with Crippen molar-refractivity contribution < 1.29 is 4.79 Å². The molecule has 19 heavy (non-hydrogen) atoms. The lowest BCUT2D eigenvalue weighted by molar-refractivity contribution is -0.116. The highest BCUT2D eigenvalue weighted by atomic mass is 32.2. The number of carbonyl (C=O) groups is 1. The van der Waals surface area contributed by atoms with Crippen LogP contribution >= 0.6 is 23.1 Å². The Labute approximate surface area is 117 Å². The number of thioether (sulfide) groups is 1. The Balaban J connectivity index is 2.19. The molecule has 0 aliphatic carbocycles. The number of aryl methyl sites for hydroxylation is 1. The van der Waals surface area contributed by atoms with Crippen LogP contribution in [0.25, 0.3) is 0 Å². The molecule has 6 nitrogen and oxygen atoms in total. The van der Waals surface area contributed by atoms with E-state index in [0.717, 1.165) is 0 Å². The van der Waals surface area contributed by atoms with Gasteiger partial charge in [0.05, 0.1) is 0 Å². The predicted molar refractivity (Wildman–Crippen MR) is 75.8 cm³/mol. The molecule has 100 valence electrons. The van der Waals surface area contributed by atoms with Gasteiger partial charge in [-0.1, -0.05) is 11.8 Å². The SMILES string of the molecule is CSc1nc(C)cc(=O)n1CC(=O)Nc1nccs1. The standard InChI is InChI=1S/C11H12N4O2S2/c1-7-5-9(17)15(11(13-7)18-2)6-8(16)14-10-12-3-4-19-10/h3-5H,6H2,1-2H3,(H,12,14,16). The average Bonchev–Trinajstić information content (AvgIpc) is 2.85. The molecule has 0 fully saturated rings. The minimum absolute atomic E-state index is 0.0676. The first-order chi connectivity index (χ1) is 9.10. The van der Waals surface area contributed by atoms with E-state index in [1.54, 1.807) is 18.5 Å². The van der Waals surface area contributed by atoms with Crippen molar-refractivity contribution in [2.24, 2.45) is 0 Å². The first kappa shape index (κ1) is 13.8. The van der Waals surface area contributed by atoms with Crippen LogP contribution in [0.5, 0.6) is 0 Å². The second-order valence-corrected chi connectivity index (χ2v) is 5.36. The van der Waals surface area contributed by atoms with Crippen LogP contribution in [-0.2, 0) is 11.3 Å². The van der Waals surface area contributed by atoms with Crippen molar-refractivity contribution in [1.82, 2.24) is 14.5 Å². The van der Waals surface area contributed by atoms with E-state index in [4.69, 9.17) is 0 Å². The van der Waals surface area contributed by atoms with E-state index in [0.29, 0.717) is 16.0 Å². The molecule has 0 saturated carbocycles. The number of hydrogen-bond acceptors (Lipinski definition) is 6. The maximum atomic E-state index is 11.9. The average molecular weight is 296 g/mol. The Morgan fingerprint density at radius 2 is 2.37 bits per heavy atom. The molecule has 1 N–H and O–H groups in total. The van der Waals surface area contributed by atoms with Gasteiger partial charge in [-0.2, -0.15) is 0 Å². The van der Waals surface area contributed by atoms with Crippen molar-refractivity contribution >= 4 is 34.1 Å². The third-order valence-corrected chi connectivity index (χ3v) is 3.63. The molecule has 2 aromatic rings. The van der Waals surface area contributed by atoms with Gasteiger partial charge in [-0.05, 0) is 13.2 Å². The lowest BCUT2D eigenvalue weighted by Crippen LogP contribution is -2.29. The summed E-state index contributed by atoms with van der Waals surface area (Å²) in [5.74, 6) is -0.294. The molecular weight excluding hydrogens is 284 g/mol. The molecule has 0 spiro atoms. The smallest absolute Gasteiger partial charge is 0.254 e. The highest BCUT2D eigenvalue weighted by molar-refractivity contribution is 7.98. The van der Waals surface area contributed by atoms with Crippen LogP contribution in [0.2, 0.25) is 0 Å². The van der Waals surface area contributed by atoms with Crippen LogP contribution in [0.1, 0.15) is 5.69 Å². The molecule has 0 unspecified atom stereocenters. The highest BCUT2D eigenvalue weighted by Gasteiger charge is 2.11. The summed E-state index contributed by atoms with van der Waals surface area (Å²) in [6.07, 6.45) is 3.42. The number of carbonyl (C=O) groups excluding carboxylic acids is 1. The number of nitrogens with zero attached hydrogens (tertiary/aromatic N) is 3. The summed E-state index contributed by atoms with van der Waals surface area (Å²) in [6.45, 7) is 1.68. The van der Waals surface area contributed by atoms with E-state index in [-0.39, 0.29) is 18.0 Å². The van der Waals surface area contributed by atoms with E-state index in [1.807, 2.05) is 6.26 Å². The van der Waals surface area contributed by atoms with Gasteiger partial charge in [-0.3, -0.25) is 14.2 Å². The second-order valence-electron chi connectivity index (χ2n) is 3.69. The van der Waals surface area contributed by atoms with E-state index < -0.39 is 0 Å². The van der Waals surface area contributed by atoms with Gasteiger partial charge >= 0.3 is 0 Å². The molecule has 2 heterocycles. The van der Waals surface area contributed by atoms with E-state index >= 15 is 0 Å².